The monoisotopic (exact) mass is 328 g/mol. The molecule has 0 fully saturated rings. The molecular weight excluding hydrogens is 300 g/mol. The summed E-state index contributed by atoms with van der Waals surface area (Å²) in [6.07, 6.45) is 7.73. The number of allylic oxidation sites excluding steroid dienone is 4. The number of amides is 1. The van der Waals surface area contributed by atoms with Crippen LogP contribution < -0.4 is 10.2 Å². The predicted octanol–water partition coefficient (Wildman–Crippen LogP) is 4.48. The Hall–Kier alpha value is -2.36. The molecule has 1 rings (SSSR count). The first-order valence-electron chi connectivity index (χ1n) is 8.19. The fourth-order valence-corrected chi connectivity index (χ4v) is 1.98. The highest BCUT2D eigenvalue weighted by atomic mass is 16.5. The molecule has 4 heteroatoms. The van der Waals surface area contributed by atoms with E-state index in [1.807, 2.05) is 38.1 Å². The number of nitrogens with one attached hydrogen (secondary N) is 1. The van der Waals surface area contributed by atoms with Crippen LogP contribution in [0, 0.1) is 13.8 Å². The van der Waals surface area contributed by atoms with Gasteiger partial charge < -0.3 is 4.74 Å². The smallest absolute Gasteiger partial charge is 0.277 e. The average molecular weight is 328 g/mol. The largest absolute Gasteiger partial charge is 0.483 e. The van der Waals surface area contributed by atoms with Crippen LogP contribution in [0.1, 0.15) is 44.7 Å². The van der Waals surface area contributed by atoms with Crippen molar-refractivity contribution in [1.82, 2.24) is 5.43 Å². The number of carbonyl (C=O) groups excluding carboxylic acids is 1. The van der Waals surface area contributed by atoms with Crippen LogP contribution in [0.3, 0.4) is 0 Å². The second-order valence-electron chi connectivity index (χ2n) is 6.20. The molecule has 130 valence electrons. The number of hydrogen-bond acceptors (Lipinski definition) is 3. The van der Waals surface area contributed by atoms with Crippen molar-refractivity contribution in [2.45, 2.75) is 47.5 Å². The summed E-state index contributed by atoms with van der Waals surface area (Å²) in [4.78, 5) is 11.7. The molecular formula is C20H28N2O2. The first kappa shape index (κ1) is 19.7. The van der Waals surface area contributed by atoms with Crippen LogP contribution in [0.5, 0.6) is 5.75 Å². The van der Waals surface area contributed by atoms with E-state index < -0.39 is 0 Å². The molecule has 1 aromatic rings. The van der Waals surface area contributed by atoms with Crippen LogP contribution in [0.15, 0.2) is 46.6 Å². The number of hydrazone groups is 1. The summed E-state index contributed by atoms with van der Waals surface area (Å²) in [6.45, 7) is 10.1. The zero-order chi connectivity index (χ0) is 17.9. The Morgan fingerprint density at radius 2 is 2.00 bits per heavy atom. The third kappa shape index (κ3) is 8.32. The lowest BCUT2D eigenvalue weighted by atomic mass is 10.1. The quantitative estimate of drug-likeness (QED) is 0.434. The van der Waals surface area contributed by atoms with Crippen molar-refractivity contribution in [1.29, 1.82) is 0 Å². The summed E-state index contributed by atoms with van der Waals surface area (Å²) in [5, 5.41) is 3.91. The van der Waals surface area contributed by atoms with Crippen LogP contribution in [0.25, 0.3) is 0 Å². The second kappa shape index (κ2) is 10.4. The minimum Gasteiger partial charge on any atom is -0.483 e. The molecule has 0 bridgehead atoms. The maximum absolute atomic E-state index is 11.7. The highest BCUT2D eigenvalue weighted by Crippen LogP contribution is 2.18. The zero-order valence-electron chi connectivity index (χ0n) is 15.3. The Balaban J connectivity index is 2.35. The molecule has 0 heterocycles. The third-order valence-corrected chi connectivity index (χ3v) is 3.42. The van der Waals surface area contributed by atoms with E-state index in [9.17, 15) is 4.79 Å². The normalized spacial score (nSPS) is 11.5. The van der Waals surface area contributed by atoms with Gasteiger partial charge in [0, 0.05) is 6.21 Å². The van der Waals surface area contributed by atoms with E-state index in [4.69, 9.17) is 4.74 Å². The number of rotatable bonds is 8. The zero-order valence-corrected chi connectivity index (χ0v) is 15.3. The molecule has 1 aromatic carbocycles. The van der Waals surface area contributed by atoms with Gasteiger partial charge in [0.1, 0.15) is 5.75 Å². The summed E-state index contributed by atoms with van der Waals surface area (Å²) in [6, 6.07) is 5.91. The molecule has 0 aliphatic heterocycles. The third-order valence-electron chi connectivity index (χ3n) is 3.42. The van der Waals surface area contributed by atoms with E-state index in [2.05, 4.69) is 37.4 Å². The molecule has 1 amide bonds. The second-order valence-corrected chi connectivity index (χ2v) is 6.20. The van der Waals surface area contributed by atoms with Gasteiger partial charge in [-0.1, -0.05) is 29.4 Å². The van der Waals surface area contributed by atoms with E-state index >= 15 is 0 Å². The van der Waals surface area contributed by atoms with Crippen molar-refractivity contribution >= 4 is 12.1 Å². The Bertz CT molecular complexity index is 639. The molecule has 24 heavy (non-hydrogen) atoms. The minimum atomic E-state index is -0.275. The fourth-order valence-electron chi connectivity index (χ4n) is 1.98. The van der Waals surface area contributed by atoms with Gasteiger partial charge in [-0.3, -0.25) is 4.79 Å². The van der Waals surface area contributed by atoms with Crippen molar-refractivity contribution < 1.29 is 9.53 Å². The first-order chi connectivity index (χ1) is 11.4. The summed E-state index contributed by atoms with van der Waals surface area (Å²) in [5.74, 6) is 0.451. The molecule has 1 N–H and O–H groups in total. The Morgan fingerprint density at radius 1 is 1.25 bits per heavy atom. The predicted molar refractivity (Wildman–Crippen MR) is 100 cm³/mol. The average Bonchev–Trinajstić information content (AvgIpc) is 2.52. The molecule has 0 aliphatic carbocycles. The molecule has 0 spiro atoms. The lowest BCUT2D eigenvalue weighted by Crippen LogP contribution is -2.24. The van der Waals surface area contributed by atoms with Crippen LogP contribution in [-0.2, 0) is 4.79 Å². The van der Waals surface area contributed by atoms with Gasteiger partial charge in [0.2, 0.25) is 0 Å². The van der Waals surface area contributed by atoms with Gasteiger partial charge in [0.15, 0.2) is 6.61 Å². The molecule has 0 aliphatic rings. The lowest BCUT2D eigenvalue weighted by molar-refractivity contribution is -0.123. The molecule has 0 saturated heterocycles. The van der Waals surface area contributed by atoms with Crippen molar-refractivity contribution in [2.75, 3.05) is 6.61 Å². The van der Waals surface area contributed by atoms with Gasteiger partial charge in [-0.05, 0) is 70.7 Å². The molecule has 4 nitrogen and oxygen atoms in total. The van der Waals surface area contributed by atoms with Crippen LogP contribution >= 0.6 is 0 Å². The van der Waals surface area contributed by atoms with Gasteiger partial charge in [-0.2, -0.15) is 5.10 Å². The van der Waals surface area contributed by atoms with Gasteiger partial charge in [-0.15, -0.1) is 0 Å². The highest BCUT2D eigenvalue weighted by molar-refractivity contribution is 5.79. The number of benzene rings is 1. The van der Waals surface area contributed by atoms with Gasteiger partial charge in [0.25, 0.3) is 5.91 Å². The lowest BCUT2D eigenvalue weighted by Gasteiger charge is -2.08. The van der Waals surface area contributed by atoms with Gasteiger partial charge in [-0.25, -0.2) is 5.43 Å². The molecule has 0 unspecified atom stereocenters. The summed E-state index contributed by atoms with van der Waals surface area (Å²) < 4.78 is 5.53. The molecule has 0 aromatic heterocycles. The van der Waals surface area contributed by atoms with Gasteiger partial charge >= 0.3 is 0 Å². The Kier molecular flexibility index (Phi) is 8.55. The summed E-state index contributed by atoms with van der Waals surface area (Å²) in [7, 11) is 0. The maximum Gasteiger partial charge on any atom is 0.277 e. The van der Waals surface area contributed by atoms with Crippen molar-refractivity contribution in [3.63, 3.8) is 0 Å². The SMILES string of the molecule is CC(C)=CCC/C(C)=C/C=N/NC(=O)COc1cc(C)ccc1C. The van der Waals surface area contributed by atoms with Crippen molar-refractivity contribution in [3.8, 4) is 5.75 Å². The minimum absolute atomic E-state index is 0.0507. The summed E-state index contributed by atoms with van der Waals surface area (Å²) >= 11 is 0. The topological polar surface area (TPSA) is 50.7 Å². The Morgan fingerprint density at radius 3 is 2.71 bits per heavy atom. The molecule has 0 saturated carbocycles. The number of ether oxygens (including phenoxy) is 1. The van der Waals surface area contributed by atoms with E-state index in [-0.39, 0.29) is 12.5 Å². The van der Waals surface area contributed by atoms with Crippen LogP contribution in [-0.4, -0.2) is 18.7 Å². The highest BCUT2D eigenvalue weighted by Gasteiger charge is 2.04. The first-order valence-corrected chi connectivity index (χ1v) is 8.19. The van der Waals surface area contributed by atoms with Crippen molar-refractivity contribution in [2.24, 2.45) is 5.10 Å². The van der Waals surface area contributed by atoms with Crippen molar-refractivity contribution in [3.05, 3.63) is 52.6 Å². The van der Waals surface area contributed by atoms with E-state index in [1.165, 1.54) is 11.1 Å². The number of hydrogen-bond donors (Lipinski definition) is 1. The molecule has 0 radical (unpaired) electrons. The number of aryl methyl sites for hydroxylation is 2. The van der Waals surface area contributed by atoms with E-state index in [0.717, 1.165) is 29.7 Å². The number of carbonyl (C=O) groups is 1. The Labute approximate surface area is 145 Å². The summed E-state index contributed by atoms with van der Waals surface area (Å²) in [5.41, 5.74) is 7.12. The number of nitrogens with zero attached hydrogens (tertiary/aromatic N) is 1. The standard InChI is InChI=1S/C20H28N2O2/c1-15(2)7-6-8-16(3)11-12-21-22-20(23)14-24-19-13-17(4)9-10-18(19)5/h7,9-13H,6,8,14H2,1-5H3,(H,22,23)/b16-11+,21-12+. The van der Waals surface area contributed by atoms with Crippen LogP contribution in [0.4, 0.5) is 0 Å². The fraction of sp³-hybridized carbons (Fsp3) is 0.400. The maximum atomic E-state index is 11.7. The molecule has 0 atom stereocenters. The van der Waals surface area contributed by atoms with Crippen LogP contribution in [0.2, 0.25) is 0 Å². The van der Waals surface area contributed by atoms with Gasteiger partial charge in [0.05, 0.1) is 0 Å². The van der Waals surface area contributed by atoms with E-state index in [1.54, 1.807) is 6.21 Å². The van der Waals surface area contributed by atoms with E-state index in [0.29, 0.717) is 0 Å².